The molecular weight excluding hydrogens is 210 g/mol. The zero-order chi connectivity index (χ0) is 12.1. The van der Waals surface area contributed by atoms with E-state index in [1.165, 1.54) is 25.7 Å². The second kappa shape index (κ2) is 5.95. The van der Waals surface area contributed by atoms with Crippen LogP contribution in [0.5, 0.6) is 0 Å². The topological polar surface area (TPSA) is 30.0 Å². The van der Waals surface area contributed by atoms with Gasteiger partial charge in [0.25, 0.3) is 0 Å². The van der Waals surface area contributed by atoms with Gasteiger partial charge in [-0.05, 0) is 31.4 Å². The van der Waals surface area contributed by atoms with Crippen LogP contribution in [0.25, 0.3) is 0 Å². The molecule has 0 aromatic carbocycles. The third-order valence-corrected chi connectivity index (χ3v) is 3.77. The fourth-order valence-corrected chi connectivity index (χ4v) is 2.61. The Labute approximate surface area is 103 Å². The zero-order valence-electron chi connectivity index (χ0n) is 10.6. The largest absolute Gasteiger partial charge is 0.299 e. The molecule has 1 aromatic rings. The molecule has 0 aliphatic heterocycles. The molecule has 2 rings (SSSR count). The van der Waals surface area contributed by atoms with Crippen molar-refractivity contribution in [1.29, 1.82) is 0 Å². The Morgan fingerprint density at radius 2 is 2.00 bits per heavy atom. The maximum Gasteiger partial charge on any atom is 0.141 e. The molecule has 1 aliphatic carbocycles. The number of carbonyl (C=O) groups is 1. The number of hydrogen-bond acceptors (Lipinski definition) is 2. The number of Topliss-reactive ketones (excluding diaryl/α,β-unsaturated/α-hetero) is 1. The fourth-order valence-electron chi connectivity index (χ4n) is 2.61. The van der Waals surface area contributed by atoms with E-state index in [0.717, 1.165) is 24.1 Å². The molecular formula is C15H21NO. The lowest BCUT2D eigenvalue weighted by Crippen LogP contribution is -2.17. The van der Waals surface area contributed by atoms with Crippen molar-refractivity contribution in [1.82, 2.24) is 4.98 Å². The van der Waals surface area contributed by atoms with E-state index in [1.807, 2.05) is 19.1 Å². The summed E-state index contributed by atoms with van der Waals surface area (Å²) in [6.07, 6.45) is 9.52. The van der Waals surface area contributed by atoms with Crippen molar-refractivity contribution >= 4 is 5.78 Å². The Kier molecular flexibility index (Phi) is 4.29. The van der Waals surface area contributed by atoms with E-state index in [1.54, 1.807) is 6.20 Å². The van der Waals surface area contributed by atoms with Crippen molar-refractivity contribution in [3.8, 4) is 0 Å². The van der Waals surface area contributed by atoms with E-state index in [9.17, 15) is 4.79 Å². The minimum absolute atomic E-state index is 0.291. The molecule has 0 atom stereocenters. The molecule has 0 bridgehead atoms. The highest BCUT2D eigenvalue weighted by molar-refractivity contribution is 5.83. The number of aromatic nitrogens is 1. The van der Waals surface area contributed by atoms with Crippen molar-refractivity contribution in [2.75, 3.05) is 0 Å². The highest BCUT2D eigenvalue weighted by Crippen LogP contribution is 2.24. The van der Waals surface area contributed by atoms with Crippen molar-refractivity contribution in [3.05, 3.63) is 29.6 Å². The molecule has 0 radical (unpaired) electrons. The van der Waals surface area contributed by atoms with Crippen LogP contribution >= 0.6 is 0 Å². The summed E-state index contributed by atoms with van der Waals surface area (Å²) in [5.74, 6) is 0.688. The molecule has 2 heteroatoms. The lowest BCUT2D eigenvalue weighted by molar-refractivity contribution is -0.122. The molecule has 1 aliphatic rings. The molecule has 0 unspecified atom stereocenters. The summed E-state index contributed by atoms with van der Waals surface area (Å²) < 4.78 is 0. The van der Waals surface area contributed by atoms with Gasteiger partial charge < -0.3 is 0 Å². The van der Waals surface area contributed by atoms with E-state index in [2.05, 4.69) is 4.98 Å². The maximum atomic E-state index is 12.2. The first-order valence-corrected chi connectivity index (χ1v) is 6.70. The molecule has 1 aromatic heterocycles. The smallest absolute Gasteiger partial charge is 0.141 e. The molecule has 92 valence electrons. The summed E-state index contributed by atoms with van der Waals surface area (Å²) in [6.45, 7) is 2.03. The number of aryl methyl sites for hydroxylation is 1. The second-order valence-corrected chi connectivity index (χ2v) is 5.10. The summed E-state index contributed by atoms with van der Waals surface area (Å²) in [7, 11) is 0. The fraction of sp³-hybridized carbons (Fsp3) is 0.600. The highest BCUT2D eigenvalue weighted by atomic mass is 16.1. The third kappa shape index (κ3) is 3.39. The summed E-state index contributed by atoms with van der Waals surface area (Å²) in [5, 5.41) is 0. The number of ketones is 1. The Bertz CT molecular complexity index is 378. The molecule has 1 heterocycles. The Hall–Kier alpha value is -1.18. The molecule has 0 spiro atoms. The zero-order valence-corrected chi connectivity index (χ0v) is 10.6. The number of hydrogen-bond donors (Lipinski definition) is 0. The molecule has 1 fully saturated rings. The standard InChI is InChI=1S/C15H21NO/c1-12-7-6-10-16-14(12)11-15(17)13-8-4-2-3-5-9-13/h6-7,10,13H,2-5,8-9,11H2,1H3. The van der Waals surface area contributed by atoms with Gasteiger partial charge in [-0.3, -0.25) is 9.78 Å². The summed E-state index contributed by atoms with van der Waals surface area (Å²) in [4.78, 5) is 16.5. The lowest BCUT2D eigenvalue weighted by Gasteiger charge is -2.12. The average Bonchev–Trinajstić information content (AvgIpc) is 2.61. The normalized spacial score (nSPS) is 17.7. The van der Waals surface area contributed by atoms with Gasteiger partial charge in [-0.15, -0.1) is 0 Å². The Balaban J connectivity index is 1.98. The molecule has 0 amide bonds. The maximum absolute atomic E-state index is 12.2. The first-order chi connectivity index (χ1) is 8.27. The van der Waals surface area contributed by atoms with E-state index in [4.69, 9.17) is 0 Å². The van der Waals surface area contributed by atoms with Crippen LogP contribution in [0.3, 0.4) is 0 Å². The van der Waals surface area contributed by atoms with Gasteiger partial charge in [-0.25, -0.2) is 0 Å². The first kappa shape index (κ1) is 12.3. The molecule has 1 saturated carbocycles. The van der Waals surface area contributed by atoms with Gasteiger partial charge in [0.15, 0.2) is 0 Å². The van der Waals surface area contributed by atoms with Gasteiger partial charge in [-0.1, -0.05) is 31.7 Å². The van der Waals surface area contributed by atoms with E-state index in [-0.39, 0.29) is 0 Å². The van der Waals surface area contributed by atoms with Crippen LogP contribution in [0.1, 0.15) is 49.8 Å². The van der Waals surface area contributed by atoms with Crippen LogP contribution in [0.4, 0.5) is 0 Å². The third-order valence-electron chi connectivity index (χ3n) is 3.77. The van der Waals surface area contributed by atoms with Crippen LogP contribution in [-0.4, -0.2) is 10.8 Å². The molecule has 0 saturated heterocycles. The van der Waals surface area contributed by atoms with Crippen molar-refractivity contribution in [2.45, 2.75) is 51.9 Å². The van der Waals surface area contributed by atoms with Crippen molar-refractivity contribution < 1.29 is 4.79 Å². The van der Waals surface area contributed by atoms with Gasteiger partial charge in [0, 0.05) is 18.5 Å². The van der Waals surface area contributed by atoms with E-state index in [0.29, 0.717) is 18.1 Å². The minimum Gasteiger partial charge on any atom is -0.299 e. The van der Waals surface area contributed by atoms with E-state index >= 15 is 0 Å². The van der Waals surface area contributed by atoms with Crippen molar-refractivity contribution in [3.63, 3.8) is 0 Å². The number of pyridine rings is 1. The highest BCUT2D eigenvalue weighted by Gasteiger charge is 2.20. The summed E-state index contributed by atoms with van der Waals surface area (Å²) in [6, 6.07) is 3.96. The van der Waals surface area contributed by atoms with E-state index < -0.39 is 0 Å². The minimum atomic E-state index is 0.291. The van der Waals surface area contributed by atoms with Crippen LogP contribution < -0.4 is 0 Å². The summed E-state index contributed by atoms with van der Waals surface area (Å²) in [5.41, 5.74) is 2.09. The van der Waals surface area contributed by atoms with Gasteiger partial charge in [-0.2, -0.15) is 0 Å². The van der Waals surface area contributed by atoms with Gasteiger partial charge >= 0.3 is 0 Å². The second-order valence-electron chi connectivity index (χ2n) is 5.10. The monoisotopic (exact) mass is 231 g/mol. The van der Waals surface area contributed by atoms with Gasteiger partial charge in [0.05, 0.1) is 5.69 Å². The lowest BCUT2D eigenvalue weighted by atomic mass is 9.92. The Morgan fingerprint density at radius 3 is 2.65 bits per heavy atom. The van der Waals surface area contributed by atoms with Gasteiger partial charge in [0.1, 0.15) is 5.78 Å². The van der Waals surface area contributed by atoms with Crippen LogP contribution in [-0.2, 0) is 11.2 Å². The number of nitrogens with zero attached hydrogens (tertiary/aromatic N) is 1. The number of carbonyl (C=O) groups excluding carboxylic acids is 1. The van der Waals surface area contributed by atoms with Crippen molar-refractivity contribution in [2.24, 2.45) is 5.92 Å². The molecule has 17 heavy (non-hydrogen) atoms. The quantitative estimate of drug-likeness (QED) is 0.745. The first-order valence-electron chi connectivity index (χ1n) is 6.70. The number of rotatable bonds is 3. The van der Waals surface area contributed by atoms with Crippen LogP contribution in [0, 0.1) is 12.8 Å². The van der Waals surface area contributed by atoms with Crippen LogP contribution in [0.15, 0.2) is 18.3 Å². The SMILES string of the molecule is Cc1cccnc1CC(=O)C1CCCCCC1. The molecule has 0 N–H and O–H groups in total. The molecule has 2 nitrogen and oxygen atoms in total. The average molecular weight is 231 g/mol. The Morgan fingerprint density at radius 1 is 1.29 bits per heavy atom. The van der Waals surface area contributed by atoms with Crippen LogP contribution in [0.2, 0.25) is 0 Å². The predicted octanol–water partition coefficient (Wildman–Crippen LogP) is 3.47. The van der Waals surface area contributed by atoms with Gasteiger partial charge in [0.2, 0.25) is 0 Å². The summed E-state index contributed by atoms with van der Waals surface area (Å²) >= 11 is 0. The predicted molar refractivity (Wildman–Crippen MR) is 68.9 cm³/mol.